The lowest BCUT2D eigenvalue weighted by atomic mass is 9.88. The van der Waals surface area contributed by atoms with Crippen molar-refractivity contribution in [2.24, 2.45) is 10.9 Å². The molecule has 0 saturated carbocycles. The van der Waals surface area contributed by atoms with E-state index in [9.17, 15) is 0 Å². The number of aliphatic imine (C=N–C) groups is 1. The molecule has 2 heterocycles. The molecule has 0 amide bonds. The van der Waals surface area contributed by atoms with Crippen LogP contribution in [0, 0.1) is 5.92 Å². The zero-order valence-electron chi connectivity index (χ0n) is 16.2. The summed E-state index contributed by atoms with van der Waals surface area (Å²) in [7, 11) is 2.26. The summed E-state index contributed by atoms with van der Waals surface area (Å²) in [6.07, 6.45) is 2.53. The molecule has 1 aliphatic rings. The number of nitrogens with one attached hydrogen (secondary N) is 2. The molecule has 1 aromatic carbocycles. The quantitative estimate of drug-likeness (QED) is 0.350. The Labute approximate surface area is 184 Å². The lowest BCUT2D eigenvalue weighted by Crippen LogP contribution is -2.44. The van der Waals surface area contributed by atoms with Gasteiger partial charge < -0.3 is 10.6 Å². The summed E-state index contributed by atoms with van der Waals surface area (Å²) in [4.78, 5) is 8.75. The van der Waals surface area contributed by atoms with Crippen LogP contribution in [-0.4, -0.2) is 37.5 Å². The molecular weight excluding hydrogens is 467 g/mol. The van der Waals surface area contributed by atoms with Crippen LogP contribution in [0.5, 0.6) is 0 Å². The van der Waals surface area contributed by atoms with Gasteiger partial charge in [-0.3, -0.25) is 4.90 Å². The van der Waals surface area contributed by atoms with Crippen LogP contribution in [0.15, 0.2) is 52.8 Å². The Morgan fingerprint density at radius 3 is 2.70 bits per heavy atom. The zero-order chi connectivity index (χ0) is 18.2. The number of hydrogen-bond acceptors (Lipinski definition) is 3. The Balaban J connectivity index is 0.00000261. The second kappa shape index (κ2) is 11.7. The molecule has 27 heavy (non-hydrogen) atoms. The largest absolute Gasteiger partial charge is 0.357 e. The van der Waals surface area contributed by atoms with Gasteiger partial charge in [0.05, 0.1) is 6.54 Å². The van der Waals surface area contributed by atoms with E-state index in [0.29, 0.717) is 18.5 Å². The Bertz CT molecular complexity index is 675. The van der Waals surface area contributed by atoms with Crippen molar-refractivity contribution in [2.75, 3.05) is 26.7 Å². The summed E-state index contributed by atoms with van der Waals surface area (Å²) >= 11 is 1.87. The van der Waals surface area contributed by atoms with E-state index < -0.39 is 0 Å². The predicted molar refractivity (Wildman–Crippen MR) is 127 cm³/mol. The molecule has 0 spiro atoms. The first-order valence-electron chi connectivity index (χ1n) is 9.57. The van der Waals surface area contributed by atoms with Gasteiger partial charge in [-0.05, 0) is 56.3 Å². The van der Waals surface area contributed by atoms with E-state index >= 15 is 0 Å². The number of piperidine rings is 1. The van der Waals surface area contributed by atoms with Crippen molar-refractivity contribution in [1.29, 1.82) is 0 Å². The number of thiophene rings is 1. The van der Waals surface area contributed by atoms with E-state index in [4.69, 9.17) is 4.99 Å². The highest BCUT2D eigenvalue weighted by molar-refractivity contribution is 14.0. The highest BCUT2D eigenvalue weighted by Gasteiger charge is 2.31. The van der Waals surface area contributed by atoms with Gasteiger partial charge in [-0.1, -0.05) is 36.4 Å². The van der Waals surface area contributed by atoms with Gasteiger partial charge in [0, 0.05) is 24.0 Å². The highest BCUT2D eigenvalue weighted by Crippen LogP contribution is 2.36. The maximum absolute atomic E-state index is 4.76. The van der Waals surface area contributed by atoms with E-state index in [-0.39, 0.29) is 24.0 Å². The van der Waals surface area contributed by atoms with E-state index in [0.717, 1.165) is 19.0 Å². The van der Waals surface area contributed by atoms with Gasteiger partial charge in [-0.15, -0.1) is 35.3 Å². The predicted octanol–water partition coefficient (Wildman–Crippen LogP) is 4.50. The molecule has 3 rings (SSSR count). The molecule has 2 unspecified atom stereocenters. The average Bonchev–Trinajstić information content (AvgIpc) is 3.19. The number of rotatable bonds is 6. The molecule has 1 fully saturated rings. The zero-order valence-corrected chi connectivity index (χ0v) is 19.4. The molecule has 148 valence electrons. The molecule has 2 aromatic rings. The molecule has 4 nitrogen and oxygen atoms in total. The van der Waals surface area contributed by atoms with Crippen molar-refractivity contribution in [2.45, 2.75) is 32.4 Å². The number of likely N-dealkylation sites (tertiary alicyclic amines) is 1. The molecular formula is C21H31IN4S. The van der Waals surface area contributed by atoms with Crippen LogP contribution in [0.1, 0.15) is 36.2 Å². The van der Waals surface area contributed by atoms with E-state index in [1.165, 1.54) is 29.8 Å². The minimum Gasteiger partial charge on any atom is -0.357 e. The summed E-state index contributed by atoms with van der Waals surface area (Å²) in [5.74, 6) is 1.52. The molecule has 2 atom stereocenters. The second-order valence-electron chi connectivity index (χ2n) is 6.90. The molecule has 0 bridgehead atoms. The van der Waals surface area contributed by atoms with Crippen LogP contribution in [0.25, 0.3) is 0 Å². The fourth-order valence-electron chi connectivity index (χ4n) is 3.71. The van der Waals surface area contributed by atoms with Crippen LogP contribution in [0.4, 0.5) is 0 Å². The van der Waals surface area contributed by atoms with Crippen molar-refractivity contribution in [1.82, 2.24) is 15.5 Å². The number of hydrogen-bond donors (Lipinski definition) is 2. The Morgan fingerprint density at radius 2 is 2.00 bits per heavy atom. The molecule has 1 aromatic heterocycles. The molecule has 6 heteroatoms. The topological polar surface area (TPSA) is 39.7 Å². The molecule has 0 aliphatic carbocycles. The van der Waals surface area contributed by atoms with Gasteiger partial charge in [0.1, 0.15) is 0 Å². The van der Waals surface area contributed by atoms with Crippen LogP contribution in [-0.2, 0) is 6.54 Å². The monoisotopic (exact) mass is 498 g/mol. The summed E-state index contributed by atoms with van der Waals surface area (Å²) in [6.45, 7) is 5.83. The van der Waals surface area contributed by atoms with Crippen LogP contribution >= 0.6 is 35.3 Å². The maximum Gasteiger partial charge on any atom is 0.191 e. The molecule has 0 radical (unpaired) electrons. The van der Waals surface area contributed by atoms with Gasteiger partial charge in [0.15, 0.2) is 5.96 Å². The van der Waals surface area contributed by atoms with Crippen LogP contribution in [0.3, 0.4) is 0 Å². The van der Waals surface area contributed by atoms with E-state index in [1.807, 2.05) is 17.4 Å². The molecule has 2 N–H and O–H groups in total. The summed E-state index contributed by atoms with van der Waals surface area (Å²) in [6, 6.07) is 15.4. The number of nitrogens with zero attached hydrogens (tertiary/aromatic N) is 2. The van der Waals surface area contributed by atoms with Crippen molar-refractivity contribution in [3.8, 4) is 0 Å². The van der Waals surface area contributed by atoms with Gasteiger partial charge in [-0.2, -0.15) is 0 Å². The van der Waals surface area contributed by atoms with Crippen molar-refractivity contribution >= 4 is 41.3 Å². The first kappa shape index (κ1) is 22.2. The van der Waals surface area contributed by atoms with Gasteiger partial charge in [0.2, 0.25) is 0 Å². The molecule has 1 aliphatic heterocycles. The maximum atomic E-state index is 4.76. The van der Waals surface area contributed by atoms with E-state index in [2.05, 4.69) is 71.3 Å². The fraction of sp³-hybridized carbons (Fsp3) is 0.476. The highest BCUT2D eigenvalue weighted by atomic mass is 127. The smallest absolute Gasteiger partial charge is 0.191 e. The lowest BCUT2D eigenvalue weighted by Gasteiger charge is -2.39. The first-order chi connectivity index (χ1) is 12.8. The minimum atomic E-state index is 0. The number of halogens is 1. The molecule has 1 saturated heterocycles. The first-order valence-corrected chi connectivity index (χ1v) is 10.5. The standard InChI is InChI=1S/C21H30N4S.HI/c1-3-22-21(23-15-17-9-5-4-6-10-17)24-16-18-11-7-13-25(2)20(18)19-12-8-14-26-19;/h4-6,8-10,12,14,18,20H,3,7,11,13,15-16H2,1-2H3,(H2,22,23,24);1H. The fourth-order valence-corrected chi connectivity index (χ4v) is 4.69. The van der Waals surface area contributed by atoms with Crippen molar-refractivity contribution < 1.29 is 0 Å². The lowest BCUT2D eigenvalue weighted by molar-refractivity contribution is 0.125. The van der Waals surface area contributed by atoms with Gasteiger partial charge >= 0.3 is 0 Å². The number of benzene rings is 1. The normalized spacial score (nSPS) is 20.7. The third kappa shape index (κ3) is 6.47. The summed E-state index contributed by atoms with van der Waals surface area (Å²) < 4.78 is 0. The van der Waals surface area contributed by atoms with Crippen LogP contribution in [0.2, 0.25) is 0 Å². The second-order valence-corrected chi connectivity index (χ2v) is 7.88. The Morgan fingerprint density at radius 1 is 1.19 bits per heavy atom. The van der Waals surface area contributed by atoms with Crippen molar-refractivity contribution in [3.63, 3.8) is 0 Å². The SMILES string of the molecule is CCNC(=NCc1ccccc1)NCC1CCCN(C)C1c1cccs1.I. The third-order valence-corrected chi connectivity index (χ3v) is 5.92. The Hall–Kier alpha value is -1.12. The average molecular weight is 498 g/mol. The van der Waals surface area contributed by atoms with Gasteiger partial charge in [-0.25, -0.2) is 4.99 Å². The number of guanidine groups is 1. The summed E-state index contributed by atoms with van der Waals surface area (Å²) in [5.41, 5.74) is 1.23. The third-order valence-electron chi connectivity index (χ3n) is 4.98. The minimum absolute atomic E-state index is 0. The van der Waals surface area contributed by atoms with E-state index in [1.54, 1.807) is 0 Å². The summed E-state index contributed by atoms with van der Waals surface area (Å²) in [5, 5.41) is 9.16. The Kier molecular flexibility index (Phi) is 9.58. The van der Waals surface area contributed by atoms with Crippen LogP contribution < -0.4 is 10.6 Å². The van der Waals surface area contributed by atoms with Crippen molar-refractivity contribution in [3.05, 3.63) is 58.3 Å². The van der Waals surface area contributed by atoms with Gasteiger partial charge in [0.25, 0.3) is 0 Å².